The molecule has 38 heavy (non-hydrogen) atoms. The number of nitrogens with zero attached hydrogens (tertiary/aromatic N) is 1. The third-order valence-electron chi connectivity index (χ3n) is 6.76. The van der Waals surface area contributed by atoms with Crippen LogP contribution in [0.25, 0.3) is 0 Å². The molecule has 10 heteroatoms. The Labute approximate surface area is 225 Å². The molecule has 1 aromatic rings. The minimum atomic E-state index is -1.12. The van der Waals surface area contributed by atoms with Crippen LogP contribution in [0, 0.1) is 5.92 Å². The Hall–Kier alpha value is -3.14. The Balaban J connectivity index is 1.90. The lowest BCUT2D eigenvalue weighted by Crippen LogP contribution is -2.55. The van der Waals surface area contributed by atoms with Gasteiger partial charge in [-0.2, -0.15) is 0 Å². The molecule has 2 heterocycles. The van der Waals surface area contributed by atoms with E-state index >= 15 is 0 Å². The van der Waals surface area contributed by atoms with Crippen LogP contribution < -0.4 is 20.7 Å². The van der Waals surface area contributed by atoms with E-state index in [-0.39, 0.29) is 36.5 Å². The van der Waals surface area contributed by atoms with E-state index in [0.29, 0.717) is 51.3 Å². The van der Waals surface area contributed by atoms with E-state index in [1.54, 1.807) is 29.2 Å². The number of fused-ring (bicyclic) bond motifs is 1. The van der Waals surface area contributed by atoms with Gasteiger partial charge in [0.25, 0.3) is 5.91 Å². The highest BCUT2D eigenvalue weighted by Crippen LogP contribution is 2.19. The molecule has 210 valence electrons. The van der Waals surface area contributed by atoms with Gasteiger partial charge in [-0.25, -0.2) is 0 Å². The fourth-order valence-corrected chi connectivity index (χ4v) is 4.67. The number of carbonyl (C=O) groups is 4. The van der Waals surface area contributed by atoms with E-state index in [4.69, 9.17) is 9.47 Å². The lowest BCUT2D eigenvalue weighted by molar-refractivity contribution is -0.137. The molecule has 0 radical (unpaired) electrons. The summed E-state index contributed by atoms with van der Waals surface area (Å²) in [6.07, 6.45) is 3.23. The first-order chi connectivity index (χ1) is 18.3. The molecule has 0 saturated carbocycles. The molecule has 0 aromatic heterocycles. The maximum atomic E-state index is 13.6. The van der Waals surface area contributed by atoms with Crippen LogP contribution >= 0.6 is 0 Å². The van der Waals surface area contributed by atoms with Crippen LogP contribution in [0.5, 0.6) is 5.75 Å². The summed E-state index contributed by atoms with van der Waals surface area (Å²) in [5.74, 6) is -1.06. The summed E-state index contributed by atoms with van der Waals surface area (Å²) < 4.78 is 11.3. The summed E-state index contributed by atoms with van der Waals surface area (Å²) in [4.78, 5) is 55.0. The Morgan fingerprint density at radius 3 is 2.55 bits per heavy atom. The highest BCUT2D eigenvalue weighted by molar-refractivity contribution is 6.01. The molecule has 2 aliphatic rings. The molecule has 4 amide bonds. The third-order valence-corrected chi connectivity index (χ3v) is 6.76. The molecule has 1 saturated heterocycles. The molecule has 3 rings (SSSR count). The summed E-state index contributed by atoms with van der Waals surface area (Å²) in [7, 11) is 0. The van der Waals surface area contributed by atoms with Crippen molar-refractivity contribution < 1.29 is 28.7 Å². The highest BCUT2D eigenvalue weighted by Gasteiger charge is 2.32. The molecule has 3 N–H and O–H groups in total. The quantitative estimate of drug-likeness (QED) is 0.495. The van der Waals surface area contributed by atoms with Crippen LogP contribution in [0.1, 0.15) is 69.7 Å². The van der Waals surface area contributed by atoms with Gasteiger partial charge in [0.2, 0.25) is 17.7 Å². The molecule has 2 atom stereocenters. The van der Waals surface area contributed by atoms with Crippen molar-refractivity contribution >= 4 is 23.6 Å². The molecule has 0 unspecified atom stereocenters. The predicted molar refractivity (Wildman–Crippen MR) is 143 cm³/mol. The van der Waals surface area contributed by atoms with Crippen LogP contribution in [0.3, 0.4) is 0 Å². The molecule has 0 spiro atoms. The van der Waals surface area contributed by atoms with Crippen molar-refractivity contribution in [3.8, 4) is 5.75 Å². The van der Waals surface area contributed by atoms with Gasteiger partial charge < -0.3 is 30.3 Å². The monoisotopic (exact) mass is 530 g/mol. The topological polar surface area (TPSA) is 126 Å². The SMILES string of the molecule is CCCCN1CCOc2ccccc2C(=O)N[C@H](C(=O)NC2CCOCC2)CC(=O)N[C@@H](CC(C)C)C1=O. The molecule has 2 aliphatic heterocycles. The van der Waals surface area contributed by atoms with Gasteiger partial charge in [0.1, 0.15) is 24.4 Å². The zero-order chi connectivity index (χ0) is 27.5. The number of carbonyl (C=O) groups excluding carboxylic acids is 4. The molecule has 1 aromatic carbocycles. The van der Waals surface area contributed by atoms with Crippen LogP contribution in [0.2, 0.25) is 0 Å². The molecule has 10 nitrogen and oxygen atoms in total. The minimum Gasteiger partial charge on any atom is -0.491 e. The first-order valence-electron chi connectivity index (χ1n) is 13.8. The van der Waals surface area contributed by atoms with Gasteiger partial charge in [-0.05, 0) is 43.7 Å². The fraction of sp³-hybridized carbons (Fsp3) is 0.643. The zero-order valence-electron chi connectivity index (χ0n) is 22.8. The van der Waals surface area contributed by atoms with Crippen LogP contribution in [0.15, 0.2) is 24.3 Å². The molecule has 1 fully saturated rings. The Morgan fingerprint density at radius 1 is 1.11 bits per heavy atom. The second-order valence-corrected chi connectivity index (χ2v) is 10.4. The van der Waals surface area contributed by atoms with Crippen LogP contribution in [0.4, 0.5) is 0 Å². The van der Waals surface area contributed by atoms with Gasteiger partial charge >= 0.3 is 0 Å². The van der Waals surface area contributed by atoms with E-state index in [1.807, 2.05) is 13.8 Å². The van der Waals surface area contributed by atoms with Crippen molar-refractivity contribution in [1.29, 1.82) is 0 Å². The minimum absolute atomic E-state index is 0.0951. The van der Waals surface area contributed by atoms with E-state index in [9.17, 15) is 19.2 Å². The number of hydrogen-bond donors (Lipinski definition) is 3. The maximum Gasteiger partial charge on any atom is 0.255 e. The average molecular weight is 531 g/mol. The smallest absolute Gasteiger partial charge is 0.255 e. The van der Waals surface area contributed by atoms with Crippen molar-refractivity contribution in [2.24, 2.45) is 5.92 Å². The van der Waals surface area contributed by atoms with Crippen molar-refractivity contribution in [2.75, 3.05) is 32.9 Å². The van der Waals surface area contributed by atoms with Gasteiger partial charge in [0.15, 0.2) is 0 Å². The number of unbranched alkanes of at least 4 members (excludes halogenated alkanes) is 1. The second kappa shape index (κ2) is 14.7. The van der Waals surface area contributed by atoms with Crippen molar-refractivity contribution in [1.82, 2.24) is 20.9 Å². The fourth-order valence-electron chi connectivity index (χ4n) is 4.67. The predicted octanol–water partition coefficient (Wildman–Crippen LogP) is 2.02. The number of amides is 4. The Kier molecular flexibility index (Phi) is 11.4. The highest BCUT2D eigenvalue weighted by atomic mass is 16.5. The number of rotatable bonds is 7. The third kappa shape index (κ3) is 8.72. The van der Waals surface area contributed by atoms with Gasteiger partial charge in [-0.1, -0.05) is 39.3 Å². The van der Waals surface area contributed by atoms with E-state index in [2.05, 4.69) is 22.9 Å². The lowest BCUT2D eigenvalue weighted by atomic mass is 10.0. The molecule has 0 aliphatic carbocycles. The standard InChI is InChI=1S/C28H42N4O6/c1-4-5-12-32-13-16-38-24-9-7-6-8-21(24)26(34)31-22(27(35)29-20-10-14-37-15-11-20)18-25(33)30-23(28(32)36)17-19(2)3/h6-9,19-20,22-23H,4-5,10-18H2,1-3H3,(H,29,35)(H,30,33)(H,31,34)/t22-,23-/m0/s1. The van der Waals surface area contributed by atoms with Gasteiger partial charge in [0, 0.05) is 25.8 Å². The summed E-state index contributed by atoms with van der Waals surface area (Å²) >= 11 is 0. The summed E-state index contributed by atoms with van der Waals surface area (Å²) in [5.41, 5.74) is 0.262. The van der Waals surface area contributed by atoms with Crippen LogP contribution in [-0.2, 0) is 19.1 Å². The van der Waals surface area contributed by atoms with Crippen LogP contribution in [-0.4, -0.2) is 79.6 Å². The number of hydrogen-bond acceptors (Lipinski definition) is 6. The number of nitrogens with one attached hydrogen (secondary N) is 3. The summed E-state index contributed by atoms with van der Waals surface area (Å²) in [6.45, 7) is 8.18. The lowest BCUT2D eigenvalue weighted by Gasteiger charge is -2.30. The average Bonchev–Trinajstić information content (AvgIpc) is 2.89. The van der Waals surface area contributed by atoms with E-state index in [0.717, 1.165) is 12.8 Å². The maximum absolute atomic E-state index is 13.6. The second-order valence-electron chi connectivity index (χ2n) is 10.4. The Bertz CT molecular complexity index is 962. The van der Waals surface area contributed by atoms with E-state index in [1.165, 1.54) is 0 Å². The summed E-state index contributed by atoms with van der Waals surface area (Å²) in [6, 6.07) is 4.82. The first-order valence-corrected chi connectivity index (χ1v) is 13.8. The van der Waals surface area contributed by atoms with Crippen molar-refractivity contribution in [3.05, 3.63) is 29.8 Å². The first kappa shape index (κ1) is 29.4. The summed E-state index contributed by atoms with van der Waals surface area (Å²) in [5, 5.41) is 8.54. The van der Waals surface area contributed by atoms with Gasteiger partial charge in [0.05, 0.1) is 18.5 Å². The number of ether oxygens (including phenoxy) is 2. The largest absolute Gasteiger partial charge is 0.491 e. The molecular formula is C28H42N4O6. The van der Waals surface area contributed by atoms with Crippen molar-refractivity contribution in [3.63, 3.8) is 0 Å². The normalized spacial score (nSPS) is 22.1. The van der Waals surface area contributed by atoms with Gasteiger partial charge in [-0.3, -0.25) is 19.2 Å². The van der Waals surface area contributed by atoms with Gasteiger partial charge in [-0.15, -0.1) is 0 Å². The Morgan fingerprint density at radius 2 is 1.84 bits per heavy atom. The zero-order valence-corrected chi connectivity index (χ0v) is 22.8. The van der Waals surface area contributed by atoms with Crippen molar-refractivity contribution in [2.45, 2.75) is 77.4 Å². The molecular weight excluding hydrogens is 488 g/mol. The number of benzene rings is 1. The number of para-hydroxylation sites is 1. The van der Waals surface area contributed by atoms with E-state index < -0.39 is 29.8 Å². The molecule has 0 bridgehead atoms.